The Morgan fingerprint density at radius 3 is 2.09 bits per heavy atom. The Kier molecular flexibility index (Phi) is 4.38. The van der Waals surface area contributed by atoms with Gasteiger partial charge in [0.05, 0.1) is 14.2 Å². The summed E-state index contributed by atoms with van der Waals surface area (Å²) in [5.41, 5.74) is 2.24. The predicted molar refractivity (Wildman–Crippen MR) is 53.3 cm³/mol. The topological polar surface area (TPSA) is 20.2 Å². The standard InChI is InChI=1S/C9H18OSi/c1-9(10)7-5-6-8-11(2,3)4/h5-10H,1-4H3/b7-5-,8-6+. The molecule has 0 amide bonds. The molecule has 0 heterocycles. The molecule has 0 aromatic rings. The molecule has 0 radical (unpaired) electrons. The third kappa shape index (κ3) is 9.66. The fourth-order valence-corrected chi connectivity index (χ4v) is 1.26. The average molecular weight is 170 g/mol. The summed E-state index contributed by atoms with van der Waals surface area (Å²) >= 11 is 0. The van der Waals surface area contributed by atoms with E-state index in [2.05, 4.69) is 25.3 Å². The smallest absolute Gasteiger partial charge is 0.0695 e. The van der Waals surface area contributed by atoms with Crippen LogP contribution < -0.4 is 0 Å². The average Bonchev–Trinajstić information content (AvgIpc) is 1.78. The first kappa shape index (κ1) is 10.7. The van der Waals surface area contributed by atoms with Crippen molar-refractivity contribution in [3.8, 4) is 0 Å². The van der Waals surface area contributed by atoms with Gasteiger partial charge in [0.15, 0.2) is 0 Å². The lowest BCUT2D eigenvalue weighted by Crippen LogP contribution is -2.15. The summed E-state index contributed by atoms with van der Waals surface area (Å²) in [5, 5.41) is 8.87. The monoisotopic (exact) mass is 170 g/mol. The number of aliphatic hydroxyl groups is 1. The minimum absolute atomic E-state index is 0.332. The zero-order chi connectivity index (χ0) is 8.91. The molecule has 0 aromatic heterocycles. The first-order valence-electron chi connectivity index (χ1n) is 3.96. The van der Waals surface area contributed by atoms with E-state index in [0.29, 0.717) is 0 Å². The summed E-state index contributed by atoms with van der Waals surface area (Å²) in [6.07, 6.45) is 5.37. The minimum Gasteiger partial charge on any atom is -0.389 e. The molecule has 0 rings (SSSR count). The van der Waals surface area contributed by atoms with Gasteiger partial charge in [0.25, 0.3) is 0 Å². The van der Waals surface area contributed by atoms with Crippen LogP contribution in [0.1, 0.15) is 6.92 Å². The largest absolute Gasteiger partial charge is 0.389 e. The van der Waals surface area contributed by atoms with Gasteiger partial charge in [-0.2, -0.15) is 0 Å². The summed E-state index contributed by atoms with van der Waals surface area (Å²) < 4.78 is 0. The molecule has 0 bridgehead atoms. The third-order valence-corrected chi connectivity index (χ3v) is 2.29. The number of hydrogen-bond acceptors (Lipinski definition) is 1. The molecule has 11 heavy (non-hydrogen) atoms. The highest BCUT2D eigenvalue weighted by molar-refractivity contribution is 6.80. The van der Waals surface area contributed by atoms with Gasteiger partial charge in [-0.05, 0) is 6.92 Å². The Labute approximate surface area is 70.5 Å². The molecule has 1 nitrogen and oxygen atoms in total. The number of allylic oxidation sites excluding steroid dienone is 2. The van der Waals surface area contributed by atoms with Crippen molar-refractivity contribution >= 4 is 8.07 Å². The van der Waals surface area contributed by atoms with Crippen LogP contribution in [0.4, 0.5) is 0 Å². The van der Waals surface area contributed by atoms with Crippen molar-refractivity contribution in [2.45, 2.75) is 32.7 Å². The van der Waals surface area contributed by atoms with Crippen LogP contribution in [0.5, 0.6) is 0 Å². The van der Waals surface area contributed by atoms with Gasteiger partial charge in [-0.25, -0.2) is 0 Å². The Balaban J connectivity index is 3.78. The summed E-state index contributed by atoms with van der Waals surface area (Å²) in [6, 6.07) is 0. The molecule has 1 unspecified atom stereocenters. The normalized spacial score (nSPS) is 16.5. The Morgan fingerprint density at radius 2 is 1.73 bits per heavy atom. The number of hydrogen-bond donors (Lipinski definition) is 1. The molecule has 0 aliphatic heterocycles. The summed E-state index contributed by atoms with van der Waals surface area (Å²) in [5.74, 6) is 0. The fraction of sp³-hybridized carbons (Fsp3) is 0.556. The van der Waals surface area contributed by atoms with Crippen LogP contribution in [-0.2, 0) is 0 Å². The molecular formula is C9H18OSi. The molecule has 1 N–H and O–H groups in total. The van der Waals surface area contributed by atoms with Crippen LogP contribution in [0, 0.1) is 0 Å². The molecule has 0 aliphatic carbocycles. The molecule has 64 valence electrons. The van der Waals surface area contributed by atoms with E-state index < -0.39 is 8.07 Å². The molecule has 0 spiro atoms. The van der Waals surface area contributed by atoms with Crippen molar-refractivity contribution in [3.63, 3.8) is 0 Å². The maximum atomic E-state index is 8.87. The van der Waals surface area contributed by atoms with Gasteiger partial charge in [-0.15, -0.1) is 0 Å². The van der Waals surface area contributed by atoms with E-state index in [1.54, 1.807) is 13.0 Å². The van der Waals surface area contributed by atoms with Gasteiger partial charge in [0, 0.05) is 0 Å². The SMILES string of the molecule is CC(O)/C=C\C=C\[Si](C)(C)C. The van der Waals surface area contributed by atoms with Gasteiger partial charge >= 0.3 is 0 Å². The Bertz CT molecular complexity index is 151. The molecule has 0 aromatic carbocycles. The highest BCUT2D eigenvalue weighted by Crippen LogP contribution is 2.01. The number of rotatable bonds is 3. The van der Waals surface area contributed by atoms with Gasteiger partial charge in [-0.3, -0.25) is 0 Å². The van der Waals surface area contributed by atoms with E-state index >= 15 is 0 Å². The second-order valence-corrected chi connectivity index (χ2v) is 8.92. The first-order valence-corrected chi connectivity index (χ1v) is 7.53. The quantitative estimate of drug-likeness (QED) is 0.509. The lowest BCUT2D eigenvalue weighted by Gasteiger charge is -2.06. The van der Waals surface area contributed by atoms with Crippen LogP contribution in [0.15, 0.2) is 23.9 Å². The van der Waals surface area contributed by atoms with E-state index in [9.17, 15) is 0 Å². The molecule has 0 aliphatic rings. The van der Waals surface area contributed by atoms with E-state index in [-0.39, 0.29) is 6.10 Å². The molecule has 0 fully saturated rings. The van der Waals surface area contributed by atoms with Crippen molar-refractivity contribution in [1.29, 1.82) is 0 Å². The Hall–Kier alpha value is -0.343. The molecule has 0 saturated heterocycles. The van der Waals surface area contributed by atoms with Crippen molar-refractivity contribution in [3.05, 3.63) is 23.9 Å². The van der Waals surface area contributed by atoms with E-state index in [1.807, 2.05) is 12.2 Å². The number of aliphatic hydroxyl groups excluding tert-OH is 1. The molecule has 0 saturated carbocycles. The lowest BCUT2D eigenvalue weighted by molar-refractivity contribution is 0.244. The summed E-state index contributed by atoms with van der Waals surface area (Å²) in [7, 11) is -1.04. The van der Waals surface area contributed by atoms with Crippen LogP contribution >= 0.6 is 0 Å². The molecule has 2 heteroatoms. The van der Waals surface area contributed by atoms with Crippen molar-refractivity contribution < 1.29 is 5.11 Å². The van der Waals surface area contributed by atoms with Gasteiger partial charge in [-0.1, -0.05) is 43.6 Å². The van der Waals surface area contributed by atoms with Crippen LogP contribution in [0.25, 0.3) is 0 Å². The second kappa shape index (κ2) is 4.52. The van der Waals surface area contributed by atoms with Crippen LogP contribution in [0.2, 0.25) is 19.6 Å². The van der Waals surface area contributed by atoms with Gasteiger partial charge in [0.2, 0.25) is 0 Å². The maximum Gasteiger partial charge on any atom is 0.0695 e. The third-order valence-electron chi connectivity index (χ3n) is 1.10. The molecular weight excluding hydrogens is 152 g/mol. The van der Waals surface area contributed by atoms with E-state index in [1.165, 1.54) is 0 Å². The minimum atomic E-state index is -1.04. The van der Waals surface area contributed by atoms with E-state index in [0.717, 1.165) is 0 Å². The summed E-state index contributed by atoms with van der Waals surface area (Å²) in [4.78, 5) is 0. The zero-order valence-electron chi connectivity index (χ0n) is 7.83. The van der Waals surface area contributed by atoms with Crippen molar-refractivity contribution in [2.75, 3.05) is 0 Å². The predicted octanol–water partition coefficient (Wildman–Crippen LogP) is 2.36. The maximum absolute atomic E-state index is 8.87. The second-order valence-electron chi connectivity index (χ2n) is 3.85. The van der Waals surface area contributed by atoms with Crippen molar-refractivity contribution in [1.82, 2.24) is 0 Å². The Morgan fingerprint density at radius 1 is 1.18 bits per heavy atom. The fourth-order valence-electron chi connectivity index (χ4n) is 0.569. The van der Waals surface area contributed by atoms with E-state index in [4.69, 9.17) is 5.11 Å². The highest BCUT2D eigenvalue weighted by atomic mass is 28.3. The van der Waals surface area contributed by atoms with Crippen LogP contribution in [0.3, 0.4) is 0 Å². The van der Waals surface area contributed by atoms with Crippen LogP contribution in [-0.4, -0.2) is 19.3 Å². The highest BCUT2D eigenvalue weighted by Gasteiger charge is 2.05. The van der Waals surface area contributed by atoms with Crippen molar-refractivity contribution in [2.24, 2.45) is 0 Å². The lowest BCUT2D eigenvalue weighted by atomic mass is 10.3. The first-order chi connectivity index (χ1) is 4.92. The molecule has 1 atom stereocenters. The zero-order valence-corrected chi connectivity index (χ0v) is 8.83. The van der Waals surface area contributed by atoms with Gasteiger partial charge < -0.3 is 5.11 Å². The summed E-state index contributed by atoms with van der Waals surface area (Å²) in [6.45, 7) is 8.58. The van der Waals surface area contributed by atoms with Gasteiger partial charge in [0.1, 0.15) is 0 Å².